The van der Waals surface area contributed by atoms with Gasteiger partial charge in [-0.15, -0.1) is 0 Å². The average molecular weight is 530 g/mol. The van der Waals surface area contributed by atoms with E-state index in [1.54, 1.807) is 17.0 Å². The summed E-state index contributed by atoms with van der Waals surface area (Å²) >= 11 is 18.9. The standard InChI is InChI=1S/C26H21Cl2NO3S2/c1-3-31-23-13-17(8-10-22(23)32-15-18-7-9-20(27)21(28)12-18)14-24-25(30)29(26(33)34-24)19-6-4-5-16(2)11-19/h4-14H,3,15H2,1-2H3/b24-14-. The number of carbonyl (C=O) groups excluding carboxylic acids is 1. The number of hydrogen-bond donors (Lipinski definition) is 0. The van der Waals surface area contributed by atoms with Gasteiger partial charge in [-0.2, -0.15) is 0 Å². The van der Waals surface area contributed by atoms with Crippen LogP contribution in [0.1, 0.15) is 23.6 Å². The number of ether oxygens (including phenoxy) is 2. The zero-order valence-electron chi connectivity index (χ0n) is 18.5. The van der Waals surface area contributed by atoms with Gasteiger partial charge in [0.05, 0.1) is 27.2 Å². The summed E-state index contributed by atoms with van der Waals surface area (Å²) in [6.07, 6.45) is 1.82. The van der Waals surface area contributed by atoms with Crippen LogP contribution in [0.15, 0.2) is 65.6 Å². The first-order chi connectivity index (χ1) is 16.4. The highest BCUT2D eigenvalue weighted by Crippen LogP contribution is 2.37. The summed E-state index contributed by atoms with van der Waals surface area (Å²) in [6, 6.07) is 18.7. The summed E-state index contributed by atoms with van der Waals surface area (Å²) in [4.78, 5) is 15.2. The SMILES string of the molecule is CCOc1cc(/C=C2\SC(=S)N(c3cccc(C)c3)C2=O)ccc1OCc1ccc(Cl)c(Cl)c1. The van der Waals surface area contributed by atoms with Crippen LogP contribution in [0.25, 0.3) is 6.08 Å². The van der Waals surface area contributed by atoms with Crippen molar-refractivity contribution >= 4 is 69.2 Å². The molecule has 0 N–H and O–H groups in total. The molecule has 1 aliphatic heterocycles. The first-order valence-corrected chi connectivity index (χ1v) is 12.5. The molecule has 0 spiro atoms. The van der Waals surface area contributed by atoms with E-state index in [-0.39, 0.29) is 5.91 Å². The quantitative estimate of drug-likeness (QED) is 0.231. The molecule has 1 saturated heterocycles. The maximum Gasteiger partial charge on any atom is 0.270 e. The van der Waals surface area contributed by atoms with Crippen LogP contribution in [0.5, 0.6) is 11.5 Å². The molecule has 1 amide bonds. The Kier molecular flexibility index (Phi) is 7.84. The van der Waals surface area contributed by atoms with E-state index in [4.69, 9.17) is 44.9 Å². The van der Waals surface area contributed by atoms with E-state index in [9.17, 15) is 4.79 Å². The van der Waals surface area contributed by atoms with Crippen LogP contribution < -0.4 is 14.4 Å². The molecule has 4 rings (SSSR count). The van der Waals surface area contributed by atoms with E-state index in [0.29, 0.717) is 44.0 Å². The summed E-state index contributed by atoms with van der Waals surface area (Å²) in [5, 5.41) is 0.976. The molecule has 34 heavy (non-hydrogen) atoms. The molecule has 1 aliphatic rings. The lowest BCUT2D eigenvalue weighted by atomic mass is 10.1. The largest absolute Gasteiger partial charge is 0.490 e. The number of hydrogen-bond acceptors (Lipinski definition) is 5. The molecule has 4 nitrogen and oxygen atoms in total. The minimum absolute atomic E-state index is 0.140. The van der Waals surface area contributed by atoms with Gasteiger partial charge in [0.2, 0.25) is 0 Å². The van der Waals surface area contributed by atoms with Gasteiger partial charge in [-0.3, -0.25) is 9.69 Å². The highest BCUT2D eigenvalue weighted by molar-refractivity contribution is 8.27. The highest BCUT2D eigenvalue weighted by atomic mass is 35.5. The molecule has 0 saturated carbocycles. The molecule has 0 radical (unpaired) electrons. The molecular formula is C26H21Cl2NO3S2. The molecule has 0 bridgehead atoms. The zero-order valence-corrected chi connectivity index (χ0v) is 21.7. The van der Waals surface area contributed by atoms with Gasteiger partial charge in [0.25, 0.3) is 5.91 Å². The Labute approximate surface area is 218 Å². The summed E-state index contributed by atoms with van der Waals surface area (Å²) < 4.78 is 12.3. The number of anilines is 1. The number of carbonyl (C=O) groups is 1. The van der Waals surface area contributed by atoms with Crippen molar-refractivity contribution in [3.8, 4) is 11.5 Å². The summed E-state index contributed by atoms with van der Waals surface area (Å²) in [6.45, 7) is 4.67. The van der Waals surface area contributed by atoms with E-state index in [0.717, 1.165) is 22.4 Å². The lowest BCUT2D eigenvalue weighted by molar-refractivity contribution is -0.113. The van der Waals surface area contributed by atoms with Gasteiger partial charge in [-0.05, 0) is 73.0 Å². The number of halogens is 2. The lowest BCUT2D eigenvalue weighted by Crippen LogP contribution is -2.27. The summed E-state index contributed by atoms with van der Waals surface area (Å²) in [7, 11) is 0. The van der Waals surface area contributed by atoms with E-state index in [1.165, 1.54) is 11.8 Å². The third-order valence-corrected chi connectivity index (χ3v) is 7.04. The fourth-order valence-corrected chi connectivity index (χ4v) is 5.02. The summed E-state index contributed by atoms with van der Waals surface area (Å²) in [5.41, 5.74) is 3.54. The van der Waals surface area contributed by atoms with Crippen LogP contribution >= 0.6 is 47.2 Å². The Bertz CT molecular complexity index is 1290. The van der Waals surface area contributed by atoms with E-state index in [1.807, 2.05) is 68.5 Å². The molecule has 1 fully saturated rings. The average Bonchev–Trinajstić information content (AvgIpc) is 3.08. The zero-order chi connectivity index (χ0) is 24.2. The molecule has 0 aliphatic carbocycles. The van der Waals surface area contributed by atoms with Crippen molar-refractivity contribution in [2.75, 3.05) is 11.5 Å². The van der Waals surface area contributed by atoms with Crippen LogP contribution in [0.2, 0.25) is 10.0 Å². The third-order valence-electron chi connectivity index (χ3n) is 5.00. The minimum Gasteiger partial charge on any atom is -0.490 e. The second-order valence-corrected chi connectivity index (χ2v) is 10.0. The normalized spacial score (nSPS) is 14.7. The maximum atomic E-state index is 13.1. The third kappa shape index (κ3) is 5.58. The molecule has 0 aromatic heterocycles. The second kappa shape index (κ2) is 10.8. The van der Waals surface area contributed by atoms with Crippen LogP contribution in [-0.4, -0.2) is 16.8 Å². The number of thioether (sulfide) groups is 1. The smallest absolute Gasteiger partial charge is 0.270 e. The molecule has 1 heterocycles. The van der Waals surface area contributed by atoms with Crippen molar-refractivity contribution < 1.29 is 14.3 Å². The number of aryl methyl sites for hydroxylation is 1. The lowest BCUT2D eigenvalue weighted by Gasteiger charge is -2.15. The second-order valence-electron chi connectivity index (χ2n) is 7.53. The van der Waals surface area contributed by atoms with Gasteiger partial charge in [0, 0.05) is 0 Å². The van der Waals surface area contributed by atoms with E-state index >= 15 is 0 Å². The fraction of sp³-hybridized carbons (Fsp3) is 0.154. The van der Waals surface area contributed by atoms with Crippen LogP contribution in [0.4, 0.5) is 5.69 Å². The number of benzene rings is 3. The maximum absolute atomic E-state index is 13.1. The first-order valence-electron chi connectivity index (χ1n) is 10.5. The summed E-state index contributed by atoms with van der Waals surface area (Å²) in [5.74, 6) is 1.04. The van der Waals surface area contributed by atoms with Crippen molar-refractivity contribution in [2.24, 2.45) is 0 Å². The minimum atomic E-state index is -0.140. The van der Waals surface area contributed by atoms with Crippen molar-refractivity contribution in [1.29, 1.82) is 0 Å². The van der Waals surface area contributed by atoms with Crippen LogP contribution in [0.3, 0.4) is 0 Å². The van der Waals surface area contributed by atoms with Gasteiger partial charge in [0.1, 0.15) is 6.61 Å². The highest BCUT2D eigenvalue weighted by Gasteiger charge is 2.33. The number of amides is 1. The predicted molar refractivity (Wildman–Crippen MR) is 145 cm³/mol. The number of thiocarbonyl (C=S) groups is 1. The van der Waals surface area contributed by atoms with Gasteiger partial charge in [-0.1, -0.05) is 71.4 Å². The number of rotatable bonds is 7. The molecule has 174 valence electrons. The van der Waals surface area contributed by atoms with Crippen molar-refractivity contribution in [3.05, 3.63) is 92.3 Å². The van der Waals surface area contributed by atoms with Crippen molar-refractivity contribution in [1.82, 2.24) is 0 Å². The van der Waals surface area contributed by atoms with Gasteiger partial charge in [-0.25, -0.2) is 0 Å². The Morgan fingerprint density at radius 2 is 1.82 bits per heavy atom. The molecule has 8 heteroatoms. The Morgan fingerprint density at radius 3 is 2.56 bits per heavy atom. The molecule has 3 aromatic rings. The predicted octanol–water partition coefficient (Wildman–Crippen LogP) is 7.69. The topological polar surface area (TPSA) is 38.8 Å². The van der Waals surface area contributed by atoms with Gasteiger partial charge >= 0.3 is 0 Å². The fourth-order valence-electron chi connectivity index (χ4n) is 3.40. The number of nitrogens with zero attached hydrogens (tertiary/aromatic N) is 1. The van der Waals surface area contributed by atoms with Crippen LogP contribution in [0, 0.1) is 6.92 Å². The van der Waals surface area contributed by atoms with Crippen LogP contribution in [-0.2, 0) is 11.4 Å². The van der Waals surface area contributed by atoms with E-state index < -0.39 is 0 Å². The Balaban J connectivity index is 1.55. The van der Waals surface area contributed by atoms with Gasteiger partial charge < -0.3 is 9.47 Å². The first kappa shape index (κ1) is 24.6. The Hall–Kier alpha value is -2.51. The molecule has 3 aromatic carbocycles. The molecular weight excluding hydrogens is 509 g/mol. The van der Waals surface area contributed by atoms with E-state index in [2.05, 4.69) is 0 Å². The van der Waals surface area contributed by atoms with Gasteiger partial charge in [0.15, 0.2) is 15.8 Å². The Morgan fingerprint density at radius 1 is 1.00 bits per heavy atom. The van der Waals surface area contributed by atoms with Crippen molar-refractivity contribution in [3.63, 3.8) is 0 Å². The monoisotopic (exact) mass is 529 g/mol. The molecule has 0 unspecified atom stereocenters. The molecule has 0 atom stereocenters. The van der Waals surface area contributed by atoms with Crippen molar-refractivity contribution in [2.45, 2.75) is 20.5 Å².